The van der Waals surface area contributed by atoms with E-state index in [9.17, 15) is 9.59 Å². The molecule has 6 nitrogen and oxygen atoms in total. The summed E-state index contributed by atoms with van der Waals surface area (Å²) >= 11 is 0. The third-order valence-corrected chi connectivity index (χ3v) is 1.49. The SMILES string of the molecule is CN(C)C(=O)c1cn[nH]c1C(=O)O. The first kappa shape index (κ1) is 9.24. The zero-order valence-corrected chi connectivity index (χ0v) is 7.24. The summed E-state index contributed by atoms with van der Waals surface area (Å²) in [5.74, 6) is -1.58. The number of carbonyl (C=O) groups is 2. The molecule has 0 fully saturated rings. The summed E-state index contributed by atoms with van der Waals surface area (Å²) in [6, 6.07) is 0. The van der Waals surface area contributed by atoms with Crippen molar-refractivity contribution in [3.8, 4) is 0 Å². The fourth-order valence-corrected chi connectivity index (χ4v) is 0.852. The smallest absolute Gasteiger partial charge is 0.354 e. The Bertz CT molecular complexity index is 343. The van der Waals surface area contributed by atoms with Crippen molar-refractivity contribution in [1.29, 1.82) is 0 Å². The van der Waals surface area contributed by atoms with E-state index in [1.54, 1.807) is 14.1 Å². The van der Waals surface area contributed by atoms with Crippen molar-refractivity contribution < 1.29 is 14.7 Å². The van der Waals surface area contributed by atoms with Crippen molar-refractivity contribution in [1.82, 2.24) is 15.1 Å². The van der Waals surface area contributed by atoms with Crippen molar-refractivity contribution in [2.75, 3.05) is 14.1 Å². The number of carboxylic acid groups (broad SMARTS) is 1. The van der Waals surface area contributed by atoms with Crippen molar-refractivity contribution in [2.45, 2.75) is 0 Å². The number of aromatic amines is 1. The molecule has 1 aromatic heterocycles. The van der Waals surface area contributed by atoms with Gasteiger partial charge in [-0.25, -0.2) is 4.79 Å². The topological polar surface area (TPSA) is 86.3 Å². The van der Waals surface area contributed by atoms with Gasteiger partial charge in [0.05, 0.1) is 11.8 Å². The predicted molar refractivity (Wildman–Crippen MR) is 43.6 cm³/mol. The quantitative estimate of drug-likeness (QED) is 0.665. The molecule has 1 heterocycles. The lowest BCUT2D eigenvalue weighted by atomic mass is 10.2. The first-order valence-electron chi connectivity index (χ1n) is 3.52. The molecule has 0 aromatic carbocycles. The van der Waals surface area contributed by atoms with E-state index < -0.39 is 5.97 Å². The summed E-state index contributed by atoms with van der Waals surface area (Å²) in [4.78, 5) is 23.2. The molecule has 2 N–H and O–H groups in total. The molecule has 6 heteroatoms. The van der Waals surface area contributed by atoms with Crippen LogP contribution < -0.4 is 0 Å². The third-order valence-electron chi connectivity index (χ3n) is 1.49. The number of rotatable bonds is 2. The molecule has 0 bridgehead atoms. The van der Waals surface area contributed by atoms with Gasteiger partial charge in [-0.15, -0.1) is 0 Å². The van der Waals surface area contributed by atoms with Crippen molar-refractivity contribution in [2.24, 2.45) is 0 Å². The van der Waals surface area contributed by atoms with E-state index in [0.29, 0.717) is 0 Å². The minimum Gasteiger partial charge on any atom is -0.477 e. The van der Waals surface area contributed by atoms with E-state index in [1.807, 2.05) is 0 Å². The average Bonchev–Trinajstić information content (AvgIpc) is 2.50. The summed E-state index contributed by atoms with van der Waals surface area (Å²) in [5.41, 5.74) is -0.115. The molecule has 70 valence electrons. The van der Waals surface area contributed by atoms with E-state index >= 15 is 0 Å². The summed E-state index contributed by atoms with van der Waals surface area (Å²) < 4.78 is 0. The van der Waals surface area contributed by atoms with Gasteiger partial charge >= 0.3 is 5.97 Å². The highest BCUT2D eigenvalue weighted by molar-refractivity contribution is 6.03. The van der Waals surface area contributed by atoms with Gasteiger partial charge in [-0.05, 0) is 0 Å². The molecule has 0 aliphatic carbocycles. The van der Waals surface area contributed by atoms with Crippen molar-refractivity contribution in [3.05, 3.63) is 17.5 Å². The minimum atomic E-state index is -1.19. The Labute approximate surface area is 74.2 Å². The highest BCUT2D eigenvalue weighted by Gasteiger charge is 2.19. The predicted octanol–water partition coefficient (Wildman–Crippen LogP) is -0.190. The van der Waals surface area contributed by atoms with Gasteiger partial charge in [-0.1, -0.05) is 0 Å². The van der Waals surface area contributed by atoms with E-state index in [1.165, 1.54) is 11.1 Å². The van der Waals surface area contributed by atoms with Gasteiger partial charge < -0.3 is 10.0 Å². The van der Waals surface area contributed by atoms with Gasteiger partial charge in [0, 0.05) is 14.1 Å². The summed E-state index contributed by atoms with van der Waals surface area (Å²) in [7, 11) is 3.09. The first-order chi connectivity index (χ1) is 6.04. The maximum atomic E-state index is 11.3. The number of hydrogen-bond donors (Lipinski definition) is 2. The molecular formula is C7H9N3O3. The second-order valence-corrected chi connectivity index (χ2v) is 2.66. The van der Waals surface area contributed by atoms with Crippen LogP contribution in [0.25, 0.3) is 0 Å². The lowest BCUT2D eigenvalue weighted by molar-refractivity contribution is 0.0679. The molecule has 0 aliphatic rings. The number of carbonyl (C=O) groups excluding carboxylic acids is 1. The molecule has 0 saturated carbocycles. The molecule has 1 rings (SSSR count). The lowest BCUT2D eigenvalue weighted by Gasteiger charge is -2.08. The number of carboxylic acids is 1. The molecule has 0 atom stereocenters. The zero-order chi connectivity index (χ0) is 10.0. The van der Waals surface area contributed by atoms with Gasteiger partial charge in [0.15, 0.2) is 5.69 Å². The molecule has 13 heavy (non-hydrogen) atoms. The van der Waals surface area contributed by atoms with Gasteiger partial charge in [0.25, 0.3) is 5.91 Å². The van der Waals surface area contributed by atoms with E-state index in [4.69, 9.17) is 5.11 Å². The van der Waals surface area contributed by atoms with Gasteiger partial charge in [0.1, 0.15) is 0 Å². The van der Waals surface area contributed by atoms with Crippen LogP contribution in [0.4, 0.5) is 0 Å². The number of nitrogens with one attached hydrogen (secondary N) is 1. The Hall–Kier alpha value is -1.85. The van der Waals surface area contributed by atoms with Crippen molar-refractivity contribution >= 4 is 11.9 Å². The number of H-pyrrole nitrogens is 1. The lowest BCUT2D eigenvalue weighted by Crippen LogP contribution is -2.23. The molecule has 1 aromatic rings. The Morgan fingerprint density at radius 2 is 2.15 bits per heavy atom. The molecule has 0 saturated heterocycles. The monoisotopic (exact) mass is 183 g/mol. The standard InChI is InChI=1S/C7H9N3O3/c1-10(2)6(11)4-3-8-9-5(4)7(12)13/h3H,1-2H3,(H,8,9)(H,12,13). The molecule has 0 spiro atoms. The normalized spacial score (nSPS) is 9.69. The highest BCUT2D eigenvalue weighted by Crippen LogP contribution is 2.06. The van der Waals surface area contributed by atoms with Gasteiger partial charge in [-0.2, -0.15) is 5.10 Å². The zero-order valence-electron chi connectivity index (χ0n) is 7.24. The minimum absolute atomic E-state index is 0.0671. The Kier molecular flexibility index (Phi) is 2.32. The van der Waals surface area contributed by atoms with Crippen LogP contribution >= 0.6 is 0 Å². The number of aromatic nitrogens is 2. The van der Waals surface area contributed by atoms with Crippen LogP contribution in [0.15, 0.2) is 6.20 Å². The molecular weight excluding hydrogens is 174 g/mol. The van der Waals surface area contributed by atoms with E-state index in [-0.39, 0.29) is 17.2 Å². The van der Waals surface area contributed by atoms with Crippen LogP contribution in [0.3, 0.4) is 0 Å². The number of nitrogens with zero attached hydrogens (tertiary/aromatic N) is 2. The van der Waals surface area contributed by atoms with Crippen LogP contribution in [-0.4, -0.2) is 46.2 Å². The second-order valence-electron chi connectivity index (χ2n) is 2.66. The molecule has 0 radical (unpaired) electrons. The molecule has 0 unspecified atom stereocenters. The summed E-state index contributed by atoms with van der Waals surface area (Å²) in [6.07, 6.45) is 1.20. The summed E-state index contributed by atoms with van der Waals surface area (Å²) in [5, 5.41) is 14.4. The molecule has 0 aliphatic heterocycles. The van der Waals surface area contributed by atoms with E-state index in [2.05, 4.69) is 10.2 Å². The number of amides is 1. The van der Waals surface area contributed by atoms with Crippen LogP contribution in [0, 0.1) is 0 Å². The number of aromatic carboxylic acids is 1. The van der Waals surface area contributed by atoms with Crippen molar-refractivity contribution in [3.63, 3.8) is 0 Å². The van der Waals surface area contributed by atoms with Crippen LogP contribution in [0.1, 0.15) is 20.8 Å². The second kappa shape index (κ2) is 3.26. The largest absolute Gasteiger partial charge is 0.477 e. The van der Waals surface area contributed by atoms with Gasteiger partial charge in [0.2, 0.25) is 0 Å². The third kappa shape index (κ3) is 1.66. The molecule has 1 amide bonds. The van der Waals surface area contributed by atoms with Gasteiger partial charge in [-0.3, -0.25) is 9.89 Å². The Balaban J connectivity index is 3.08. The van der Waals surface area contributed by atoms with Crippen LogP contribution in [0.5, 0.6) is 0 Å². The highest BCUT2D eigenvalue weighted by atomic mass is 16.4. The fourth-order valence-electron chi connectivity index (χ4n) is 0.852. The number of hydrogen-bond acceptors (Lipinski definition) is 3. The Morgan fingerprint density at radius 3 is 2.62 bits per heavy atom. The summed E-state index contributed by atoms with van der Waals surface area (Å²) in [6.45, 7) is 0. The maximum Gasteiger partial charge on any atom is 0.354 e. The maximum absolute atomic E-state index is 11.3. The van der Waals surface area contributed by atoms with Crippen LogP contribution in [-0.2, 0) is 0 Å². The fraction of sp³-hybridized carbons (Fsp3) is 0.286. The average molecular weight is 183 g/mol. The van der Waals surface area contributed by atoms with E-state index in [0.717, 1.165) is 0 Å². The first-order valence-corrected chi connectivity index (χ1v) is 3.52. The Morgan fingerprint density at radius 1 is 1.54 bits per heavy atom. The van der Waals surface area contributed by atoms with Crippen LogP contribution in [0.2, 0.25) is 0 Å².